The fourth-order valence-corrected chi connectivity index (χ4v) is 2.10. The van der Waals surface area contributed by atoms with Gasteiger partial charge in [-0.3, -0.25) is 0 Å². The molecule has 0 heterocycles. The summed E-state index contributed by atoms with van der Waals surface area (Å²) < 4.78 is 6.35. The summed E-state index contributed by atoms with van der Waals surface area (Å²) >= 11 is 20.3. The molecule has 0 fully saturated rings. The largest absolute Gasteiger partial charge is 0.492 e. The lowest BCUT2D eigenvalue weighted by atomic mass is 9.90. The monoisotopic (exact) mass is 369 g/mol. The molecule has 0 saturated carbocycles. The molecule has 0 aromatic heterocycles. The number of halogens is 3. The van der Waals surface area contributed by atoms with Gasteiger partial charge in [-0.1, -0.05) is 49.3 Å². The van der Waals surface area contributed by atoms with Gasteiger partial charge in [0, 0.05) is 16.0 Å². The van der Waals surface area contributed by atoms with Crippen molar-refractivity contribution in [2.45, 2.75) is 20.3 Å². The van der Waals surface area contributed by atoms with E-state index in [0.717, 1.165) is 4.47 Å². The molecule has 0 amide bonds. The zero-order chi connectivity index (χ0) is 13.9. The van der Waals surface area contributed by atoms with E-state index in [-0.39, 0.29) is 5.41 Å². The van der Waals surface area contributed by atoms with Gasteiger partial charge in [0.2, 0.25) is 0 Å². The Morgan fingerprint density at radius 1 is 1.39 bits per heavy atom. The molecule has 6 heteroatoms. The van der Waals surface area contributed by atoms with Crippen LogP contribution in [0.3, 0.4) is 0 Å². The van der Waals surface area contributed by atoms with Crippen molar-refractivity contribution in [3.05, 3.63) is 26.7 Å². The number of nitrogens with two attached hydrogens (primary N) is 1. The molecule has 0 atom stereocenters. The van der Waals surface area contributed by atoms with Crippen LogP contribution in [0.25, 0.3) is 0 Å². The second-order valence-electron chi connectivity index (χ2n) is 4.54. The third kappa shape index (κ3) is 4.26. The smallest absolute Gasteiger partial charge is 0.139 e. The van der Waals surface area contributed by atoms with Gasteiger partial charge in [-0.2, -0.15) is 0 Å². The van der Waals surface area contributed by atoms with Crippen molar-refractivity contribution in [1.82, 2.24) is 0 Å². The normalized spacial score (nSPS) is 11.4. The van der Waals surface area contributed by atoms with Crippen LogP contribution in [0, 0.1) is 5.41 Å². The Labute approximate surface area is 131 Å². The van der Waals surface area contributed by atoms with E-state index in [1.54, 1.807) is 12.1 Å². The molecule has 2 nitrogen and oxygen atoms in total. The van der Waals surface area contributed by atoms with Crippen molar-refractivity contribution in [2.24, 2.45) is 11.1 Å². The van der Waals surface area contributed by atoms with Gasteiger partial charge in [0.25, 0.3) is 0 Å². The highest BCUT2D eigenvalue weighted by molar-refractivity contribution is 9.10. The molecule has 1 aromatic carbocycles. The van der Waals surface area contributed by atoms with Crippen LogP contribution in [0.1, 0.15) is 20.3 Å². The van der Waals surface area contributed by atoms with Gasteiger partial charge in [-0.25, -0.2) is 0 Å². The van der Waals surface area contributed by atoms with E-state index in [9.17, 15) is 0 Å². The third-order valence-corrected chi connectivity index (χ3v) is 4.67. The Kier molecular flexibility index (Phi) is 5.71. The fraction of sp³-hybridized carbons (Fsp3) is 0.417. The molecule has 0 spiro atoms. The van der Waals surface area contributed by atoms with Crippen molar-refractivity contribution in [1.29, 1.82) is 0 Å². The molecule has 1 rings (SSSR count). The van der Waals surface area contributed by atoms with Gasteiger partial charge in [-0.15, -0.1) is 0 Å². The Bertz CT molecular complexity index is 466. The Morgan fingerprint density at radius 2 is 2.00 bits per heavy atom. The summed E-state index contributed by atoms with van der Waals surface area (Å²) in [6, 6.07) is 3.39. The lowest BCUT2D eigenvalue weighted by molar-refractivity contribution is 0.270. The average Bonchev–Trinajstić information content (AvgIpc) is 2.25. The summed E-state index contributed by atoms with van der Waals surface area (Å²) in [4.78, 5) is 0.478. The maximum absolute atomic E-state index is 6.05. The van der Waals surface area contributed by atoms with Crippen LogP contribution in [-0.4, -0.2) is 11.6 Å². The molecule has 0 unspecified atom stereocenters. The summed E-state index contributed by atoms with van der Waals surface area (Å²) in [6.45, 7) is 4.44. The molecule has 18 heavy (non-hydrogen) atoms. The maximum Gasteiger partial charge on any atom is 0.139 e. The molecule has 0 aliphatic heterocycles. The molecule has 2 N–H and O–H groups in total. The summed E-state index contributed by atoms with van der Waals surface area (Å²) in [5.74, 6) is 0.559. The van der Waals surface area contributed by atoms with E-state index in [4.69, 9.17) is 45.9 Å². The highest BCUT2D eigenvalue weighted by Crippen LogP contribution is 2.34. The van der Waals surface area contributed by atoms with Gasteiger partial charge in [0.15, 0.2) is 0 Å². The second-order valence-corrected chi connectivity index (χ2v) is 6.65. The third-order valence-electron chi connectivity index (χ3n) is 2.63. The summed E-state index contributed by atoms with van der Waals surface area (Å²) in [5, 5.41) is 1.07. The zero-order valence-corrected chi connectivity index (χ0v) is 14.0. The van der Waals surface area contributed by atoms with Gasteiger partial charge in [0.05, 0.1) is 21.6 Å². The van der Waals surface area contributed by atoms with Crippen LogP contribution in [-0.2, 0) is 0 Å². The van der Waals surface area contributed by atoms with Gasteiger partial charge in [0.1, 0.15) is 5.75 Å². The highest BCUT2D eigenvalue weighted by Gasteiger charge is 2.21. The van der Waals surface area contributed by atoms with Crippen LogP contribution in [0.5, 0.6) is 5.75 Å². The molecule has 100 valence electrons. The van der Waals surface area contributed by atoms with Gasteiger partial charge < -0.3 is 10.5 Å². The van der Waals surface area contributed by atoms with Crippen LogP contribution < -0.4 is 10.5 Å². The predicted octanol–water partition coefficient (Wildman–Crippen LogP) is 4.84. The first-order valence-corrected chi connectivity index (χ1v) is 7.27. The summed E-state index contributed by atoms with van der Waals surface area (Å²) in [6.07, 6.45) is 0.715. The Hall–Kier alpha value is -0.0300. The molecular weight excluding hydrogens is 357 g/mol. The fourth-order valence-electron chi connectivity index (χ4n) is 1.15. The topological polar surface area (TPSA) is 35.2 Å². The van der Waals surface area contributed by atoms with E-state index in [0.29, 0.717) is 33.8 Å². The maximum atomic E-state index is 6.05. The van der Waals surface area contributed by atoms with Crippen molar-refractivity contribution in [2.75, 3.05) is 6.61 Å². The molecule has 0 radical (unpaired) electrons. The zero-order valence-electron chi connectivity index (χ0n) is 10.1. The minimum atomic E-state index is -0.235. The summed E-state index contributed by atoms with van der Waals surface area (Å²) in [5.41, 5.74) is 5.41. The van der Waals surface area contributed by atoms with E-state index in [1.807, 2.05) is 13.8 Å². The standard InChI is InChI=1S/C12H14BrCl2NOS/c1-12(2,11(16)18)3-4-17-10-6-8(14)7(13)5-9(10)15/h5-6H,3-4H2,1-2H3,(H2,16,18). The highest BCUT2D eigenvalue weighted by atomic mass is 79.9. The number of hydrogen-bond acceptors (Lipinski definition) is 2. The number of thiocarbonyl (C=S) groups is 1. The SMILES string of the molecule is CC(C)(CCOc1cc(Cl)c(Br)cc1Cl)C(N)=S. The molecule has 0 aliphatic rings. The molecular formula is C12H14BrCl2NOS. The number of benzene rings is 1. The van der Waals surface area contributed by atoms with Crippen LogP contribution in [0.15, 0.2) is 16.6 Å². The van der Waals surface area contributed by atoms with Gasteiger partial charge in [-0.05, 0) is 28.4 Å². The molecule has 0 saturated heterocycles. The van der Waals surface area contributed by atoms with Crippen LogP contribution in [0.2, 0.25) is 10.0 Å². The first-order chi connectivity index (χ1) is 8.24. The van der Waals surface area contributed by atoms with E-state index >= 15 is 0 Å². The minimum absolute atomic E-state index is 0.235. The Morgan fingerprint density at radius 3 is 2.56 bits per heavy atom. The van der Waals surface area contributed by atoms with Crippen molar-refractivity contribution in [3.63, 3.8) is 0 Å². The molecule has 0 bridgehead atoms. The quantitative estimate of drug-likeness (QED) is 0.595. The second kappa shape index (κ2) is 6.42. The number of rotatable bonds is 5. The van der Waals surface area contributed by atoms with E-state index < -0.39 is 0 Å². The predicted molar refractivity (Wildman–Crippen MR) is 84.8 cm³/mol. The lowest BCUT2D eigenvalue weighted by Crippen LogP contribution is -2.31. The van der Waals surface area contributed by atoms with Crippen LogP contribution >= 0.6 is 51.3 Å². The Balaban J connectivity index is 2.65. The van der Waals surface area contributed by atoms with E-state index in [2.05, 4.69) is 15.9 Å². The van der Waals surface area contributed by atoms with Gasteiger partial charge >= 0.3 is 0 Å². The van der Waals surface area contributed by atoms with Crippen molar-refractivity contribution < 1.29 is 4.74 Å². The van der Waals surface area contributed by atoms with Crippen molar-refractivity contribution >= 4 is 56.3 Å². The number of ether oxygens (including phenoxy) is 1. The first-order valence-electron chi connectivity index (χ1n) is 5.31. The summed E-state index contributed by atoms with van der Waals surface area (Å²) in [7, 11) is 0. The average molecular weight is 371 g/mol. The lowest BCUT2D eigenvalue weighted by Gasteiger charge is -2.23. The van der Waals surface area contributed by atoms with Crippen LogP contribution in [0.4, 0.5) is 0 Å². The minimum Gasteiger partial charge on any atom is -0.492 e. The first kappa shape index (κ1) is 16.0. The molecule has 0 aliphatic carbocycles. The molecule has 1 aromatic rings. The van der Waals surface area contributed by atoms with Crippen molar-refractivity contribution in [3.8, 4) is 5.75 Å². The van der Waals surface area contributed by atoms with E-state index in [1.165, 1.54) is 0 Å². The number of hydrogen-bond donors (Lipinski definition) is 1.